The van der Waals surface area contributed by atoms with Crippen molar-refractivity contribution in [3.8, 4) is 66.8 Å². The first-order valence-corrected chi connectivity index (χ1v) is 33.7. The third-order valence-electron chi connectivity index (χ3n) is 20.5. The van der Waals surface area contributed by atoms with Gasteiger partial charge in [-0.2, -0.15) is 0 Å². The summed E-state index contributed by atoms with van der Waals surface area (Å²) >= 11 is 0. The average Bonchev–Trinajstić information content (AvgIpc) is 1.50. The van der Waals surface area contributed by atoms with Gasteiger partial charge in [0.25, 0.3) is 0 Å². The number of hydrogen-bond donors (Lipinski definition) is 0. The lowest BCUT2D eigenvalue weighted by atomic mass is 9.89. The molecule has 0 N–H and O–H groups in total. The molecule has 4 nitrogen and oxygen atoms in total. The molecule has 0 saturated heterocycles. The summed E-state index contributed by atoms with van der Waals surface area (Å²) in [5.74, 6) is 0. The number of rotatable bonds is 12. The van der Waals surface area contributed by atoms with Gasteiger partial charge in [-0.3, -0.25) is 0 Å². The summed E-state index contributed by atoms with van der Waals surface area (Å²) in [5, 5.41) is 9.71. The lowest BCUT2D eigenvalue weighted by Gasteiger charge is -2.30. The Hall–Kier alpha value is -12.5. The largest absolute Gasteiger partial charge is 0.309 e. The summed E-state index contributed by atoms with van der Waals surface area (Å²) in [6.07, 6.45) is 0. The van der Waals surface area contributed by atoms with Crippen molar-refractivity contribution in [3.05, 3.63) is 350 Å². The molecule has 0 amide bonds. The number of para-hydroxylation sites is 2. The second-order valence-electron chi connectivity index (χ2n) is 26.0. The molecule has 15 aromatic carbocycles. The van der Waals surface area contributed by atoms with Crippen molar-refractivity contribution in [2.24, 2.45) is 0 Å². The minimum atomic E-state index is 1.09. The van der Waals surface area contributed by atoms with Crippen molar-refractivity contribution in [3.63, 3.8) is 0 Å². The van der Waals surface area contributed by atoms with Gasteiger partial charge < -0.3 is 18.6 Å². The molecule has 0 atom stereocenters. The molecule has 0 aliphatic carbocycles. The van der Waals surface area contributed by atoms with Gasteiger partial charge >= 0.3 is 0 Å². The van der Waals surface area contributed by atoms with Crippen LogP contribution in [0.3, 0.4) is 0 Å². The van der Waals surface area contributed by atoms with Crippen molar-refractivity contribution in [2.45, 2.75) is 20.8 Å². The molecule has 0 aliphatic heterocycles. The van der Waals surface area contributed by atoms with E-state index in [2.05, 4.69) is 373 Å². The zero-order chi connectivity index (χ0) is 64.4. The molecule has 19 rings (SSSR count). The Bertz CT molecular complexity index is 6160. The number of aromatic nitrogens is 2. The van der Waals surface area contributed by atoms with E-state index in [0.29, 0.717) is 0 Å². The second-order valence-corrected chi connectivity index (χ2v) is 26.0. The van der Waals surface area contributed by atoms with Gasteiger partial charge in [-0.1, -0.05) is 279 Å². The Balaban J connectivity index is 0.937. The fraction of sp³-hybridized carbons (Fsp3) is 0.0323. The molecule has 0 fully saturated rings. The molecule has 0 saturated carbocycles. The Morgan fingerprint density at radius 2 is 0.505 bits per heavy atom. The third-order valence-corrected chi connectivity index (χ3v) is 20.5. The number of aryl methyl sites for hydroxylation is 3. The summed E-state index contributed by atoms with van der Waals surface area (Å²) in [6, 6.07) is 124. The fourth-order valence-corrected chi connectivity index (χ4v) is 16.1. The van der Waals surface area contributed by atoms with Crippen LogP contribution in [0.4, 0.5) is 34.1 Å². The van der Waals surface area contributed by atoms with Crippen LogP contribution in [0.15, 0.2) is 334 Å². The zero-order valence-corrected chi connectivity index (χ0v) is 54.0. The van der Waals surface area contributed by atoms with Crippen LogP contribution in [-0.4, -0.2) is 8.80 Å². The molecule has 456 valence electrons. The van der Waals surface area contributed by atoms with Gasteiger partial charge in [0.05, 0.1) is 44.5 Å². The highest BCUT2D eigenvalue weighted by Crippen LogP contribution is 2.57. The molecule has 4 heteroatoms. The monoisotopic (exact) mass is 1240 g/mol. The van der Waals surface area contributed by atoms with Crippen LogP contribution in [-0.2, 0) is 0 Å². The van der Waals surface area contributed by atoms with Crippen LogP contribution in [0.25, 0.3) is 143 Å². The minimum Gasteiger partial charge on any atom is -0.309 e. The summed E-state index contributed by atoms with van der Waals surface area (Å²) in [7, 11) is 0. The van der Waals surface area contributed by atoms with Crippen LogP contribution in [0.2, 0.25) is 0 Å². The van der Waals surface area contributed by atoms with E-state index < -0.39 is 0 Å². The molecule has 0 aliphatic rings. The SMILES string of the molecule is Cc1ccc(-c2ccccc2)cc1N(c1cccc(-c2ccccc2)c1)c1cccc2c1c1cccc3c4c(-c5ccccc5)c5c(c(-c6ccccc6)c4n2c13)c1cccc2c3c(N(c4cc(-c6ccccc6)ccc4C)c4cc(-c6ccccc6)ccc4C)cccc3n5c21. The fourth-order valence-electron chi connectivity index (χ4n) is 16.1. The molecule has 4 heterocycles. The van der Waals surface area contributed by atoms with Gasteiger partial charge in [0.15, 0.2) is 0 Å². The van der Waals surface area contributed by atoms with Gasteiger partial charge in [-0.15, -0.1) is 0 Å². The summed E-state index contributed by atoms with van der Waals surface area (Å²) in [6.45, 7) is 6.78. The lowest BCUT2D eigenvalue weighted by molar-refractivity contribution is 1.23. The molecule has 4 aromatic heterocycles. The molecule has 0 radical (unpaired) electrons. The van der Waals surface area contributed by atoms with E-state index in [9.17, 15) is 0 Å². The van der Waals surface area contributed by atoms with Crippen LogP contribution in [0.5, 0.6) is 0 Å². The molecule has 19 aromatic rings. The van der Waals surface area contributed by atoms with Gasteiger partial charge in [0, 0.05) is 77.0 Å². The summed E-state index contributed by atoms with van der Waals surface area (Å²) in [4.78, 5) is 5.10. The highest BCUT2D eigenvalue weighted by Gasteiger charge is 2.33. The van der Waals surface area contributed by atoms with Crippen molar-refractivity contribution < 1.29 is 0 Å². The first-order chi connectivity index (χ1) is 47.9. The number of hydrogen-bond acceptors (Lipinski definition) is 2. The number of benzene rings is 15. The smallest absolute Gasteiger partial charge is 0.0634 e. The quantitative estimate of drug-likeness (QED) is 0.121. The maximum Gasteiger partial charge on any atom is 0.0634 e. The van der Waals surface area contributed by atoms with E-state index in [1.807, 2.05) is 0 Å². The van der Waals surface area contributed by atoms with Gasteiger partial charge in [0.2, 0.25) is 0 Å². The standard InChI is InChI=1S/C93H64N4/c1-59-49-52-69(63-29-12-5-13-30-63)56-81(59)94(72-40-22-39-68(55-72)62-27-10-4-11-28-62)77-45-25-47-79-86(77)73-41-23-43-75-88-85(67-37-20-9-21-38-67)93-89(84(66-35-18-8-19-36-66)92(88)96(79)90(73)75)76-44-24-42-74-87-78(46-26-48-80(87)97(93)91(74)76)95(82-57-70(53-50-60(82)2)64-31-14-6-15-32-64)83-58-71(54-51-61(83)3)65-33-16-7-17-34-65/h4-58H,1-3H3. The Kier molecular flexibility index (Phi) is 12.9. The van der Waals surface area contributed by atoms with Crippen LogP contribution >= 0.6 is 0 Å². The van der Waals surface area contributed by atoms with Crippen molar-refractivity contribution in [1.82, 2.24) is 8.80 Å². The van der Waals surface area contributed by atoms with Crippen LogP contribution < -0.4 is 9.80 Å². The van der Waals surface area contributed by atoms with E-state index in [1.165, 1.54) is 143 Å². The lowest BCUT2D eigenvalue weighted by Crippen LogP contribution is -2.13. The van der Waals surface area contributed by atoms with E-state index >= 15 is 0 Å². The van der Waals surface area contributed by atoms with E-state index in [4.69, 9.17) is 0 Å². The highest BCUT2D eigenvalue weighted by atomic mass is 15.2. The first-order valence-electron chi connectivity index (χ1n) is 33.7. The summed E-state index contributed by atoms with van der Waals surface area (Å²) < 4.78 is 5.31. The average molecular weight is 1240 g/mol. The maximum atomic E-state index is 2.66. The Labute approximate surface area is 563 Å². The second kappa shape index (κ2) is 22.3. The van der Waals surface area contributed by atoms with E-state index in [-0.39, 0.29) is 0 Å². The number of anilines is 6. The molecular formula is C93H64N4. The maximum absolute atomic E-state index is 2.66. The predicted molar refractivity (Wildman–Crippen MR) is 412 cm³/mol. The van der Waals surface area contributed by atoms with Crippen LogP contribution in [0, 0.1) is 20.8 Å². The normalized spacial score (nSPS) is 11.9. The van der Waals surface area contributed by atoms with Crippen molar-refractivity contribution in [2.75, 3.05) is 9.80 Å². The third kappa shape index (κ3) is 8.70. The Morgan fingerprint density at radius 1 is 0.206 bits per heavy atom. The van der Waals surface area contributed by atoms with Gasteiger partial charge in [-0.25, -0.2) is 0 Å². The first kappa shape index (κ1) is 56.1. The minimum absolute atomic E-state index is 1.09. The highest BCUT2D eigenvalue weighted by molar-refractivity contribution is 6.39. The van der Waals surface area contributed by atoms with E-state index in [1.54, 1.807) is 0 Å². The number of fused-ring (bicyclic) bond motifs is 12. The molecule has 0 unspecified atom stereocenters. The van der Waals surface area contributed by atoms with Crippen molar-refractivity contribution >= 4 is 110 Å². The summed E-state index contributed by atoms with van der Waals surface area (Å²) in [5.41, 5.74) is 31.6. The topological polar surface area (TPSA) is 15.3 Å². The molecular weight excluding hydrogens is 1170 g/mol. The predicted octanol–water partition coefficient (Wildman–Crippen LogP) is 25.9. The van der Waals surface area contributed by atoms with E-state index in [0.717, 1.165) is 50.7 Å². The molecule has 0 spiro atoms. The van der Waals surface area contributed by atoms with Crippen molar-refractivity contribution in [1.29, 1.82) is 0 Å². The Morgan fingerprint density at radius 3 is 0.887 bits per heavy atom. The molecule has 0 bridgehead atoms. The zero-order valence-electron chi connectivity index (χ0n) is 54.0. The molecule has 97 heavy (non-hydrogen) atoms. The van der Waals surface area contributed by atoms with Gasteiger partial charge in [-0.05, 0) is 148 Å². The number of nitrogens with zero attached hydrogens (tertiary/aromatic N) is 4. The van der Waals surface area contributed by atoms with Crippen LogP contribution in [0.1, 0.15) is 16.7 Å². The van der Waals surface area contributed by atoms with Gasteiger partial charge in [0.1, 0.15) is 0 Å².